The minimum Gasteiger partial charge on any atom is -0.320 e. The summed E-state index contributed by atoms with van der Waals surface area (Å²) in [6.45, 7) is 3.19. The van der Waals surface area contributed by atoms with Crippen molar-refractivity contribution in [3.05, 3.63) is 82.3 Å². The number of aromatic nitrogens is 1. The number of para-hydroxylation sites is 1. The minimum atomic E-state index is -0.0882. The smallest absolute Gasteiger partial charge is 0.320 e. The third kappa shape index (κ3) is 4.90. The first-order valence-electron chi connectivity index (χ1n) is 8.25. The maximum Gasteiger partial charge on any atom is 0.322 e. The predicted molar refractivity (Wildman–Crippen MR) is 103 cm³/mol. The topological polar surface area (TPSA) is 45.2 Å². The summed E-state index contributed by atoms with van der Waals surface area (Å²) >= 11 is 1.72. The third-order valence-electron chi connectivity index (χ3n) is 3.98. The first-order chi connectivity index (χ1) is 12.2. The van der Waals surface area contributed by atoms with Crippen molar-refractivity contribution in [2.45, 2.75) is 19.9 Å². The van der Waals surface area contributed by atoms with Crippen LogP contribution in [0.3, 0.4) is 0 Å². The Morgan fingerprint density at radius 3 is 2.76 bits per heavy atom. The molecular weight excluding hydrogens is 330 g/mol. The number of hydrogen-bond acceptors (Lipinski definition) is 3. The van der Waals surface area contributed by atoms with E-state index in [4.69, 9.17) is 0 Å². The van der Waals surface area contributed by atoms with Crippen molar-refractivity contribution < 1.29 is 4.79 Å². The van der Waals surface area contributed by atoms with Gasteiger partial charge in [0.2, 0.25) is 0 Å². The predicted octanol–water partition coefficient (Wildman–Crippen LogP) is 4.73. The molecule has 128 valence electrons. The lowest BCUT2D eigenvalue weighted by molar-refractivity contribution is 0.210. The van der Waals surface area contributed by atoms with Crippen molar-refractivity contribution in [3.63, 3.8) is 0 Å². The van der Waals surface area contributed by atoms with Crippen LogP contribution in [-0.2, 0) is 13.0 Å². The van der Waals surface area contributed by atoms with Crippen molar-refractivity contribution in [1.29, 1.82) is 0 Å². The van der Waals surface area contributed by atoms with Crippen molar-refractivity contribution in [3.8, 4) is 0 Å². The number of urea groups is 1. The monoisotopic (exact) mass is 351 g/mol. The Balaban J connectivity index is 1.72. The van der Waals surface area contributed by atoms with Crippen LogP contribution in [0.15, 0.2) is 66.3 Å². The van der Waals surface area contributed by atoms with Crippen LogP contribution in [0.1, 0.15) is 16.0 Å². The van der Waals surface area contributed by atoms with Crippen LogP contribution in [0.4, 0.5) is 10.5 Å². The lowest BCUT2D eigenvalue weighted by atomic mass is 10.2. The first-order valence-corrected chi connectivity index (χ1v) is 9.13. The molecule has 0 radical (unpaired) electrons. The molecule has 2 heterocycles. The Morgan fingerprint density at radius 2 is 2.04 bits per heavy atom. The van der Waals surface area contributed by atoms with E-state index in [1.807, 2.05) is 54.3 Å². The van der Waals surface area contributed by atoms with Crippen LogP contribution in [0.5, 0.6) is 0 Å². The highest BCUT2D eigenvalue weighted by atomic mass is 32.1. The Morgan fingerprint density at radius 1 is 1.16 bits per heavy atom. The van der Waals surface area contributed by atoms with Gasteiger partial charge in [-0.3, -0.25) is 4.98 Å². The first kappa shape index (κ1) is 17.2. The molecule has 3 aromatic rings. The molecule has 0 saturated heterocycles. The van der Waals surface area contributed by atoms with Crippen LogP contribution in [0.2, 0.25) is 0 Å². The van der Waals surface area contributed by atoms with Gasteiger partial charge in [0.15, 0.2) is 0 Å². The number of rotatable bonds is 6. The Kier molecular flexibility index (Phi) is 5.80. The van der Waals surface area contributed by atoms with Crippen molar-refractivity contribution >= 4 is 23.1 Å². The van der Waals surface area contributed by atoms with E-state index in [1.165, 1.54) is 4.88 Å². The molecule has 2 aromatic heterocycles. The molecule has 0 atom stereocenters. The van der Waals surface area contributed by atoms with E-state index in [1.54, 1.807) is 23.7 Å². The van der Waals surface area contributed by atoms with E-state index in [0.717, 1.165) is 23.2 Å². The van der Waals surface area contributed by atoms with Crippen LogP contribution in [0, 0.1) is 6.92 Å². The standard InChI is InChI=1S/C20H21N3OS/c1-16-6-2-3-9-19(16)22-20(24)23(12-10-18-8-5-13-25-18)15-17-7-4-11-21-14-17/h2-9,11,13-14H,10,12,15H2,1H3,(H,22,24). The molecule has 5 heteroatoms. The summed E-state index contributed by atoms with van der Waals surface area (Å²) in [6.07, 6.45) is 4.39. The molecule has 2 amide bonds. The largest absolute Gasteiger partial charge is 0.322 e. The van der Waals surface area contributed by atoms with E-state index < -0.39 is 0 Å². The molecule has 1 N–H and O–H groups in total. The van der Waals surface area contributed by atoms with Crippen LogP contribution in [0.25, 0.3) is 0 Å². The molecule has 25 heavy (non-hydrogen) atoms. The number of thiophene rings is 1. The van der Waals surface area contributed by atoms with Crippen molar-refractivity contribution in [1.82, 2.24) is 9.88 Å². The van der Waals surface area contributed by atoms with Crippen molar-refractivity contribution in [2.24, 2.45) is 0 Å². The van der Waals surface area contributed by atoms with Crippen LogP contribution in [-0.4, -0.2) is 22.5 Å². The molecule has 0 aliphatic rings. The van der Waals surface area contributed by atoms with Gasteiger partial charge in [-0.05, 0) is 48.1 Å². The lowest BCUT2D eigenvalue weighted by Gasteiger charge is -2.23. The number of anilines is 1. The maximum absolute atomic E-state index is 12.8. The molecule has 0 aliphatic heterocycles. The van der Waals surface area contributed by atoms with Gasteiger partial charge in [-0.25, -0.2) is 4.79 Å². The summed E-state index contributed by atoms with van der Waals surface area (Å²) in [5, 5.41) is 5.09. The molecule has 1 aromatic carbocycles. The van der Waals surface area contributed by atoms with Crippen molar-refractivity contribution in [2.75, 3.05) is 11.9 Å². The average molecular weight is 351 g/mol. The molecule has 0 bridgehead atoms. The number of hydrogen-bond donors (Lipinski definition) is 1. The molecule has 0 fully saturated rings. The second kappa shape index (κ2) is 8.44. The number of amides is 2. The normalized spacial score (nSPS) is 10.4. The summed E-state index contributed by atoms with van der Waals surface area (Å²) in [6, 6.07) is 15.8. The molecule has 0 saturated carbocycles. The summed E-state index contributed by atoms with van der Waals surface area (Å²) in [5.74, 6) is 0. The van der Waals surface area contributed by atoms with Gasteiger partial charge in [-0.2, -0.15) is 0 Å². The highest BCUT2D eigenvalue weighted by Gasteiger charge is 2.15. The van der Waals surface area contributed by atoms with Gasteiger partial charge in [-0.15, -0.1) is 11.3 Å². The summed E-state index contributed by atoms with van der Waals surface area (Å²) in [7, 11) is 0. The number of carbonyl (C=O) groups is 1. The van der Waals surface area contributed by atoms with Crippen LogP contribution < -0.4 is 5.32 Å². The van der Waals surface area contributed by atoms with Gasteiger partial charge in [0.1, 0.15) is 0 Å². The van der Waals surface area contributed by atoms with Gasteiger partial charge < -0.3 is 10.2 Å². The van der Waals surface area contributed by atoms with E-state index in [2.05, 4.69) is 21.7 Å². The Labute approximate surface area is 152 Å². The fourth-order valence-corrected chi connectivity index (χ4v) is 3.27. The zero-order chi connectivity index (χ0) is 17.5. The van der Waals surface area contributed by atoms with Gasteiger partial charge >= 0.3 is 6.03 Å². The SMILES string of the molecule is Cc1ccccc1NC(=O)N(CCc1cccs1)Cc1cccnc1. The Bertz CT molecular complexity index is 803. The highest BCUT2D eigenvalue weighted by Crippen LogP contribution is 2.16. The van der Waals surface area contributed by atoms with E-state index in [9.17, 15) is 4.79 Å². The molecule has 0 spiro atoms. The molecule has 0 aliphatic carbocycles. The van der Waals surface area contributed by atoms with Gasteiger partial charge in [-0.1, -0.05) is 30.3 Å². The summed E-state index contributed by atoms with van der Waals surface area (Å²) in [5.41, 5.74) is 2.92. The fraction of sp³-hybridized carbons (Fsp3) is 0.200. The average Bonchev–Trinajstić information content (AvgIpc) is 3.15. The fourth-order valence-electron chi connectivity index (χ4n) is 2.57. The highest BCUT2D eigenvalue weighted by molar-refractivity contribution is 7.09. The van der Waals surface area contributed by atoms with Gasteiger partial charge in [0.25, 0.3) is 0 Å². The second-order valence-electron chi connectivity index (χ2n) is 5.86. The van der Waals surface area contributed by atoms with Crippen LogP contribution >= 0.6 is 11.3 Å². The zero-order valence-electron chi connectivity index (χ0n) is 14.2. The lowest BCUT2D eigenvalue weighted by Crippen LogP contribution is -2.36. The van der Waals surface area contributed by atoms with Gasteiger partial charge in [0.05, 0.1) is 0 Å². The number of aryl methyl sites for hydroxylation is 1. The number of carbonyl (C=O) groups excluding carboxylic acids is 1. The minimum absolute atomic E-state index is 0.0882. The number of nitrogens with one attached hydrogen (secondary N) is 1. The zero-order valence-corrected chi connectivity index (χ0v) is 15.0. The Hall–Kier alpha value is -2.66. The maximum atomic E-state index is 12.8. The van der Waals surface area contributed by atoms with E-state index in [-0.39, 0.29) is 6.03 Å². The molecular formula is C20H21N3OS. The third-order valence-corrected chi connectivity index (χ3v) is 4.91. The second-order valence-corrected chi connectivity index (χ2v) is 6.89. The van der Waals surface area contributed by atoms with E-state index in [0.29, 0.717) is 13.1 Å². The molecule has 0 unspecified atom stereocenters. The number of benzene rings is 1. The van der Waals surface area contributed by atoms with Gasteiger partial charge in [0, 0.05) is 36.0 Å². The summed E-state index contributed by atoms with van der Waals surface area (Å²) in [4.78, 5) is 20.1. The van der Waals surface area contributed by atoms with E-state index >= 15 is 0 Å². The molecule has 4 nitrogen and oxygen atoms in total. The number of nitrogens with zero attached hydrogens (tertiary/aromatic N) is 2. The number of pyridine rings is 1. The molecule has 3 rings (SSSR count). The summed E-state index contributed by atoms with van der Waals surface area (Å²) < 4.78 is 0. The quantitative estimate of drug-likeness (QED) is 0.698.